The quantitative estimate of drug-likeness (QED) is 0.742. The number of fused-ring (bicyclic) bond motifs is 2. The lowest BCUT2D eigenvalue weighted by Crippen LogP contribution is -2.24. The van der Waals surface area contributed by atoms with Gasteiger partial charge in [-0.1, -0.05) is 42.5 Å². The van der Waals surface area contributed by atoms with E-state index < -0.39 is 0 Å². The average Bonchev–Trinajstić information content (AvgIpc) is 2.85. The molecule has 26 heavy (non-hydrogen) atoms. The SMILES string of the molecule is CN1C(=O)c2ccc(NC(=O)Cc3ccc4ccccc4c3)cc2C1=O. The molecule has 3 aromatic rings. The van der Waals surface area contributed by atoms with Gasteiger partial charge in [0.1, 0.15) is 0 Å². The van der Waals surface area contributed by atoms with E-state index in [1.165, 1.54) is 7.05 Å². The van der Waals surface area contributed by atoms with Crippen LogP contribution in [0.1, 0.15) is 26.3 Å². The first-order chi connectivity index (χ1) is 12.5. The molecule has 0 fully saturated rings. The first-order valence-corrected chi connectivity index (χ1v) is 8.27. The van der Waals surface area contributed by atoms with Crippen LogP contribution in [0, 0.1) is 0 Å². The van der Waals surface area contributed by atoms with Crippen molar-refractivity contribution in [2.24, 2.45) is 0 Å². The smallest absolute Gasteiger partial charge is 0.261 e. The van der Waals surface area contributed by atoms with E-state index in [0.717, 1.165) is 21.2 Å². The number of rotatable bonds is 3. The summed E-state index contributed by atoms with van der Waals surface area (Å²) < 4.78 is 0. The first-order valence-electron chi connectivity index (χ1n) is 8.27. The van der Waals surface area contributed by atoms with Gasteiger partial charge in [-0.05, 0) is 34.5 Å². The minimum absolute atomic E-state index is 0.176. The molecule has 1 heterocycles. The number of carbonyl (C=O) groups is 3. The van der Waals surface area contributed by atoms with Crippen molar-refractivity contribution in [1.29, 1.82) is 0 Å². The molecule has 0 bridgehead atoms. The highest BCUT2D eigenvalue weighted by atomic mass is 16.2. The summed E-state index contributed by atoms with van der Waals surface area (Å²) in [4.78, 5) is 37.4. The Bertz CT molecular complexity index is 1070. The number of nitrogens with zero attached hydrogens (tertiary/aromatic N) is 1. The number of nitrogens with one attached hydrogen (secondary N) is 1. The molecule has 0 aliphatic carbocycles. The van der Waals surface area contributed by atoms with Crippen LogP contribution in [-0.4, -0.2) is 29.7 Å². The second kappa shape index (κ2) is 6.11. The standard InChI is InChI=1S/C21H16N2O3/c1-23-20(25)17-9-8-16(12-18(17)21(23)26)22-19(24)11-13-6-7-14-4-2-3-5-15(14)10-13/h2-10,12H,11H2,1H3,(H,22,24). The molecule has 0 spiro atoms. The van der Waals surface area contributed by atoms with Crippen molar-refractivity contribution in [1.82, 2.24) is 4.90 Å². The summed E-state index contributed by atoms with van der Waals surface area (Å²) in [5.41, 5.74) is 2.10. The molecule has 0 aromatic heterocycles. The van der Waals surface area contributed by atoms with Crippen LogP contribution in [0.3, 0.4) is 0 Å². The Labute approximate surface area is 150 Å². The molecular weight excluding hydrogens is 328 g/mol. The van der Waals surface area contributed by atoms with Gasteiger partial charge < -0.3 is 5.32 Å². The lowest BCUT2D eigenvalue weighted by atomic mass is 10.0. The summed E-state index contributed by atoms with van der Waals surface area (Å²) in [6.07, 6.45) is 0.231. The number of imide groups is 1. The van der Waals surface area contributed by atoms with Crippen LogP contribution < -0.4 is 5.32 Å². The Morgan fingerprint density at radius 1 is 0.885 bits per heavy atom. The van der Waals surface area contributed by atoms with Crippen LogP contribution in [-0.2, 0) is 11.2 Å². The summed E-state index contributed by atoms with van der Waals surface area (Å²) in [5.74, 6) is -0.847. The van der Waals surface area contributed by atoms with Crippen LogP contribution in [0.2, 0.25) is 0 Å². The van der Waals surface area contributed by atoms with Crippen LogP contribution in [0.4, 0.5) is 5.69 Å². The molecule has 0 unspecified atom stereocenters. The van der Waals surface area contributed by atoms with Crippen molar-refractivity contribution < 1.29 is 14.4 Å². The predicted molar refractivity (Wildman–Crippen MR) is 99.1 cm³/mol. The lowest BCUT2D eigenvalue weighted by molar-refractivity contribution is -0.115. The van der Waals surface area contributed by atoms with E-state index in [-0.39, 0.29) is 24.1 Å². The normalized spacial score (nSPS) is 13.2. The summed E-state index contributed by atoms with van der Waals surface area (Å²) in [5, 5.41) is 5.01. The van der Waals surface area contributed by atoms with E-state index in [1.807, 2.05) is 42.5 Å². The van der Waals surface area contributed by atoms with Crippen molar-refractivity contribution in [3.8, 4) is 0 Å². The van der Waals surface area contributed by atoms with Crippen LogP contribution in [0.25, 0.3) is 10.8 Å². The largest absolute Gasteiger partial charge is 0.326 e. The molecule has 0 radical (unpaired) electrons. The van der Waals surface area contributed by atoms with E-state index in [2.05, 4.69) is 5.32 Å². The van der Waals surface area contributed by atoms with Gasteiger partial charge in [0.2, 0.25) is 5.91 Å². The molecule has 0 saturated heterocycles. The molecule has 5 nitrogen and oxygen atoms in total. The van der Waals surface area contributed by atoms with Gasteiger partial charge in [-0.3, -0.25) is 19.3 Å². The molecule has 1 aliphatic rings. The Kier molecular flexibility index (Phi) is 3.77. The zero-order valence-electron chi connectivity index (χ0n) is 14.2. The Balaban J connectivity index is 1.51. The van der Waals surface area contributed by atoms with Crippen molar-refractivity contribution in [3.05, 3.63) is 77.4 Å². The van der Waals surface area contributed by atoms with Crippen molar-refractivity contribution >= 4 is 34.2 Å². The second-order valence-electron chi connectivity index (χ2n) is 6.34. The third kappa shape index (κ3) is 2.73. The van der Waals surface area contributed by atoms with Gasteiger partial charge in [0.15, 0.2) is 0 Å². The van der Waals surface area contributed by atoms with Gasteiger partial charge in [0, 0.05) is 12.7 Å². The van der Waals surface area contributed by atoms with Gasteiger partial charge in [-0.15, -0.1) is 0 Å². The summed E-state index contributed by atoms with van der Waals surface area (Å²) in [6, 6.07) is 18.7. The van der Waals surface area contributed by atoms with Crippen molar-refractivity contribution in [2.45, 2.75) is 6.42 Å². The molecule has 0 saturated carbocycles. The van der Waals surface area contributed by atoms with Crippen LogP contribution in [0.5, 0.6) is 0 Å². The van der Waals surface area contributed by atoms with Crippen LogP contribution in [0.15, 0.2) is 60.7 Å². The highest BCUT2D eigenvalue weighted by Gasteiger charge is 2.32. The molecule has 1 aliphatic heterocycles. The Morgan fingerprint density at radius 3 is 2.42 bits per heavy atom. The van der Waals surface area contributed by atoms with Crippen molar-refractivity contribution in [2.75, 3.05) is 12.4 Å². The molecule has 4 rings (SSSR count). The van der Waals surface area contributed by atoms with E-state index in [9.17, 15) is 14.4 Å². The third-order valence-electron chi connectivity index (χ3n) is 4.55. The molecule has 5 heteroatoms. The number of carbonyl (C=O) groups excluding carboxylic acids is 3. The molecular formula is C21H16N2O3. The zero-order valence-corrected chi connectivity index (χ0v) is 14.2. The Morgan fingerprint density at radius 2 is 1.62 bits per heavy atom. The third-order valence-corrected chi connectivity index (χ3v) is 4.55. The maximum absolute atomic E-state index is 12.4. The number of hydrogen-bond acceptors (Lipinski definition) is 3. The van der Waals surface area contributed by atoms with Gasteiger partial charge in [-0.2, -0.15) is 0 Å². The summed E-state index contributed by atoms with van der Waals surface area (Å²) in [7, 11) is 1.45. The highest BCUT2D eigenvalue weighted by Crippen LogP contribution is 2.25. The van der Waals surface area contributed by atoms with Gasteiger partial charge in [-0.25, -0.2) is 0 Å². The molecule has 0 atom stereocenters. The minimum atomic E-state index is -0.351. The predicted octanol–water partition coefficient (Wildman–Crippen LogP) is 3.25. The lowest BCUT2D eigenvalue weighted by Gasteiger charge is -2.07. The average molecular weight is 344 g/mol. The van der Waals surface area contributed by atoms with E-state index in [0.29, 0.717) is 16.8 Å². The second-order valence-corrected chi connectivity index (χ2v) is 6.34. The zero-order chi connectivity index (χ0) is 18.3. The molecule has 3 aromatic carbocycles. The first kappa shape index (κ1) is 16.0. The minimum Gasteiger partial charge on any atom is -0.326 e. The number of amides is 3. The summed E-state index contributed by atoms with van der Waals surface area (Å²) in [6.45, 7) is 0. The van der Waals surface area contributed by atoms with Crippen LogP contribution >= 0.6 is 0 Å². The number of benzene rings is 3. The number of anilines is 1. The van der Waals surface area contributed by atoms with Crippen molar-refractivity contribution in [3.63, 3.8) is 0 Å². The van der Waals surface area contributed by atoms with Gasteiger partial charge >= 0.3 is 0 Å². The fourth-order valence-electron chi connectivity index (χ4n) is 3.18. The van der Waals surface area contributed by atoms with E-state index in [4.69, 9.17) is 0 Å². The maximum Gasteiger partial charge on any atom is 0.261 e. The van der Waals surface area contributed by atoms with Gasteiger partial charge in [0.05, 0.1) is 17.5 Å². The van der Waals surface area contributed by atoms with E-state index >= 15 is 0 Å². The van der Waals surface area contributed by atoms with E-state index in [1.54, 1.807) is 18.2 Å². The fourth-order valence-corrected chi connectivity index (χ4v) is 3.18. The maximum atomic E-state index is 12.4. The number of hydrogen-bond donors (Lipinski definition) is 1. The Hall–Kier alpha value is -3.47. The molecule has 1 N–H and O–H groups in total. The topological polar surface area (TPSA) is 66.5 Å². The highest BCUT2D eigenvalue weighted by molar-refractivity contribution is 6.21. The summed E-state index contributed by atoms with van der Waals surface area (Å²) >= 11 is 0. The molecule has 128 valence electrons. The fraction of sp³-hybridized carbons (Fsp3) is 0.0952. The molecule has 3 amide bonds. The monoisotopic (exact) mass is 344 g/mol. The van der Waals surface area contributed by atoms with Gasteiger partial charge in [0.25, 0.3) is 11.8 Å².